The maximum atomic E-state index is 12.0. The van der Waals surface area contributed by atoms with Crippen LogP contribution >= 0.6 is 11.8 Å². The number of ether oxygens (including phenoxy) is 1. The first-order valence-corrected chi connectivity index (χ1v) is 7.57. The highest BCUT2D eigenvalue weighted by atomic mass is 32.2. The van der Waals surface area contributed by atoms with E-state index in [0.29, 0.717) is 12.2 Å². The third kappa shape index (κ3) is 3.85. The van der Waals surface area contributed by atoms with Crippen LogP contribution in [-0.2, 0) is 11.2 Å². The molecule has 0 aliphatic carbocycles. The molecule has 0 aliphatic heterocycles. The zero-order valence-corrected chi connectivity index (χ0v) is 12.1. The van der Waals surface area contributed by atoms with Crippen LogP contribution in [0.4, 0.5) is 0 Å². The first-order chi connectivity index (χ1) is 9.70. The molecule has 0 unspecified atom stereocenters. The molecule has 2 aromatic rings. The monoisotopic (exact) mass is 287 g/mol. The first-order valence-electron chi connectivity index (χ1n) is 6.35. The summed E-state index contributed by atoms with van der Waals surface area (Å²) in [5.74, 6) is 0.156. The van der Waals surface area contributed by atoms with Gasteiger partial charge in [-0.05, 0) is 30.4 Å². The van der Waals surface area contributed by atoms with Crippen LogP contribution in [0.2, 0.25) is 0 Å². The van der Waals surface area contributed by atoms with Crippen LogP contribution in [0.1, 0.15) is 5.56 Å². The molecule has 0 radical (unpaired) electrons. The quantitative estimate of drug-likeness (QED) is 0.522. The van der Waals surface area contributed by atoms with Gasteiger partial charge in [-0.15, -0.1) is 11.8 Å². The Morgan fingerprint density at radius 3 is 2.50 bits per heavy atom. The molecule has 3 nitrogen and oxygen atoms in total. The molecule has 0 bridgehead atoms. The maximum Gasteiger partial charge on any atom is 0.328 e. The fraction of sp³-hybridized carbons (Fsp3) is 0.188. The van der Waals surface area contributed by atoms with Crippen LogP contribution < -0.4 is 10.5 Å². The minimum absolute atomic E-state index is 0.407. The SMILES string of the molecule is CSc1ccccc1OC(=O)[C@@H](N)Cc1ccccc1. The summed E-state index contributed by atoms with van der Waals surface area (Å²) in [5.41, 5.74) is 6.93. The smallest absolute Gasteiger partial charge is 0.328 e. The standard InChI is InChI=1S/C16H17NO2S/c1-20-15-10-6-5-9-14(15)19-16(18)13(17)11-12-7-3-2-4-8-12/h2-10,13H,11,17H2,1H3/t13-/m0/s1. The van der Waals surface area contributed by atoms with Crippen molar-refractivity contribution in [1.82, 2.24) is 0 Å². The predicted octanol–water partition coefficient (Wildman–Crippen LogP) is 2.88. The lowest BCUT2D eigenvalue weighted by atomic mass is 10.1. The zero-order valence-electron chi connectivity index (χ0n) is 11.3. The van der Waals surface area contributed by atoms with Crippen LogP contribution in [0.15, 0.2) is 59.5 Å². The molecule has 20 heavy (non-hydrogen) atoms. The largest absolute Gasteiger partial charge is 0.424 e. The Bertz CT molecular complexity index is 572. The third-order valence-corrected chi connectivity index (χ3v) is 3.66. The van der Waals surface area contributed by atoms with Gasteiger partial charge in [0.05, 0.1) is 0 Å². The highest BCUT2D eigenvalue weighted by Gasteiger charge is 2.17. The summed E-state index contributed by atoms with van der Waals surface area (Å²) in [6, 6.07) is 16.5. The lowest BCUT2D eigenvalue weighted by Crippen LogP contribution is -2.36. The fourth-order valence-electron chi connectivity index (χ4n) is 1.84. The summed E-state index contributed by atoms with van der Waals surface area (Å²) >= 11 is 1.54. The van der Waals surface area contributed by atoms with Gasteiger partial charge >= 0.3 is 5.97 Å². The molecule has 0 spiro atoms. The van der Waals surface area contributed by atoms with E-state index in [1.165, 1.54) is 11.8 Å². The van der Waals surface area contributed by atoms with E-state index < -0.39 is 12.0 Å². The third-order valence-electron chi connectivity index (χ3n) is 2.88. The van der Waals surface area contributed by atoms with Crippen molar-refractivity contribution < 1.29 is 9.53 Å². The molecular weight excluding hydrogens is 270 g/mol. The van der Waals surface area contributed by atoms with E-state index in [4.69, 9.17) is 10.5 Å². The summed E-state index contributed by atoms with van der Waals surface area (Å²) < 4.78 is 5.39. The zero-order chi connectivity index (χ0) is 14.4. The Labute approximate surface area is 123 Å². The number of para-hydroxylation sites is 1. The lowest BCUT2D eigenvalue weighted by molar-refractivity contribution is -0.136. The second-order valence-electron chi connectivity index (χ2n) is 4.37. The minimum atomic E-state index is -0.660. The van der Waals surface area contributed by atoms with Crippen molar-refractivity contribution in [3.63, 3.8) is 0 Å². The van der Waals surface area contributed by atoms with Gasteiger partial charge in [-0.25, -0.2) is 4.79 Å². The number of benzene rings is 2. The Morgan fingerprint density at radius 1 is 1.15 bits per heavy atom. The molecular formula is C16H17NO2S. The van der Waals surface area contributed by atoms with E-state index in [2.05, 4.69) is 0 Å². The molecule has 104 valence electrons. The van der Waals surface area contributed by atoms with Crippen molar-refractivity contribution in [3.05, 3.63) is 60.2 Å². The lowest BCUT2D eigenvalue weighted by Gasteiger charge is -2.13. The molecule has 1 atom stereocenters. The van der Waals surface area contributed by atoms with Crippen LogP contribution in [0.25, 0.3) is 0 Å². The average Bonchev–Trinajstić information content (AvgIpc) is 2.48. The van der Waals surface area contributed by atoms with Crippen LogP contribution in [0, 0.1) is 0 Å². The number of esters is 1. The van der Waals surface area contributed by atoms with Crippen molar-refractivity contribution in [2.45, 2.75) is 17.4 Å². The summed E-state index contributed by atoms with van der Waals surface area (Å²) in [7, 11) is 0. The minimum Gasteiger partial charge on any atom is -0.424 e. The number of nitrogens with two attached hydrogens (primary N) is 1. The van der Waals surface area contributed by atoms with E-state index in [-0.39, 0.29) is 0 Å². The second kappa shape index (κ2) is 7.12. The Morgan fingerprint density at radius 2 is 1.80 bits per heavy atom. The van der Waals surface area contributed by atoms with E-state index in [1.807, 2.05) is 54.8 Å². The van der Waals surface area contributed by atoms with E-state index in [9.17, 15) is 4.79 Å². The highest BCUT2D eigenvalue weighted by Crippen LogP contribution is 2.27. The van der Waals surface area contributed by atoms with Gasteiger partial charge in [-0.3, -0.25) is 0 Å². The summed E-state index contributed by atoms with van der Waals surface area (Å²) in [4.78, 5) is 13.0. The first kappa shape index (κ1) is 14.6. The molecule has 0 aromatic heterocycles. The van der Waals surface area contributed by atoms with E-state index >= 15 is 0 Å². The maximum absolute atomic E-state index is 12.0. The average molecular weight is 287 g/mol. The molecule has 0 amide bonds. The molecule has 0 aliphatic rings. The molecule has 4 heteroatoms. The molecule has 0 saturated heterocycles. The molecule has 0 fully saturated rings. The number of hydrogen-bond donors (Lipinski definition) is 1. The molecule has 2 rings (SSSR count). The van der Waals surface area contributed by atoms with Crippen molar-refractivity contribution in [1.29, 1.82) is 0 Å². The summed E-state index contributed by atoms with van der Waals surface area (Å²) in [6.07, 6.45) is 2.41. The molecule has 2 N–H and O–H groups in total. The van der Waals surface area contributed by atoms with Crippen LogP contribution in [-0.4, -0.2) is 18.3 Å². The van der Waals surface area contributed by atoms with Gasteiger partial charge in [-0.2, -0.15) is 0 Å². The number of carbonyl (C=O) groups excluding carboxylic acids is 1. The van der Waals surface area contributed by atoms with Gasteiger partial charge in [-0.1, -0.05) is 42.5 Å². The highest BCUT2D eigenvalue weighted by molar-refractivity contribution is 7.98. The van der Waals surface area contributed by atoms with Gasteiger partial charge < -0.3 is 10.5 Å². The Kier molecular flexibility index (Phi) is 5.21. The second-order valence-corrected chi connectivity index (χ2v) is 5.22. The normalized spacial score (nSPS) is 11.9. The summed E-state index contributed by atoms with van der Waals surface area (Å²) in [5, 5.41) is 0. The Hall–Kier alpha value is -1.78. The summed E-state index contributed by atoms with van der Waals surface area (Å²) in [6.45, 7) is 0. The number of carbonyl (C=O) groups is 1. The Balaban J connectivity index is 2.01. The molecule has 0 saturated carbocycles. The fourth-order valence-corrected chi connectivity index (χ4v) is 2.36. The van der Waals surface area contributed by atoms with E-state index in [1.54, 1.807) is 6.07 Å². The van der Waals surface area contributed by atoms with Crippen molar-refractivity contribution >= 4 is 17.7 Å². The van der Waals surface area contributed by atoms with Gasteiger partial charge in [0.1, 0.15) is 11.8 Å². The number of rotatable bonds is 5. The van der Waals surface area contributed by atoms with Crippen LogP contribution in [0.5, 0.6) is 5.75 Å². The molecule has 2 aromatic carbocycles. The van der Waals surface area contributed by atoms with Gasteiger partial charge in [0, 0.05) is 4.90 Å². The van der Waals surface area contributed by atoms with Crippen LogP contribution in [0.3, 0.4) is 0 Å². The van der Waals surface area contributed by atoms with Crippen molar-refractivity contribution in [2.24, 2.45) is 5.73 Å². The van der Waals surface area contributed by atoms with Gasteiger partial charge in [0.15, 0.2) is 0 Å². The predicted molar refractivity (Wildman–Crippen MR) is 82.0 cm³/mol. The van der Waals surface area contributed by atoms with Gasteiger partial charge in [0.2, 0.25) is 0 Å². The van der Waals surface area contributed by atoms with E-state index in [0.717, 1.165) is 10.5 Å². The molecule has 0 heterocycles. The van der Waals surface area contributed by atoms with Crippen molar-refractivity contribution in [3.8, 4) is 5.75 Å². The van der Waals surface area contributed by atoms with Crippen molar-refractivity contribution in [2.75, 3.05) is 6.26 Å². The number of hydrogen-bond acceptors (Lipinski definition) is 4. The topological polar surface area (TPSA) is 52.3 Å². The van der Waals surface area contributed by atoms with Gasteiger partial charge in [0.25, 0.3) is 0 Å². The number of thioether (sulfide) groups is 1.